The number of esters is 1. The predicted octanol–water partition coefficient (Wildman–Crippen LogP) is 5.29. The third-order valence-electron chi connectivity index (χ3n) is 5.98. The number of rotatable bonds is 8. The van der Waals surface area contributed by atoms with Gasteiger partial charge in [0.1, 0.15) is 11.4 Å². The summed E-state index contributed by atoms with van der Waals surface area (Å²) in [6.45, 7) is 2.05. The van der Waals surface area contributed by atoms with E-state index in [0.29, 0.717) is 40.0 Å². The Morgan fingerprint density at radius 2 is 1.84 bits per heavy atom. The van der Waals surface area contributed by atoms with Crippen LogP contribution in [-0.4, -0.2) is 39.2 Å². The summed E-state index contributed by atoms with van der Waals surface area (Å²) in [5.41, 5.74) is 11.5. The normalized spacial score (nSPS) is 10.8. The van der Waals surface area contributed by atoms with E-state index in [1.165, 1.54) is 0 Å². The summed E-state index contributed by atoms with van der Waals surface area (Å²) in [6, 6.07) is 16.3. The smallest absolute Gasteiger partial charge is 0.340 e. The topological polar surface area (TPSA) is 129 Å². The van der Waals surface area contributed by atoms with Crippen LogP contribution in [0.2, 0.25) is 0 Å². The van der Waals surface area contributed by atoms with Gasteiger partial charge in [0.2, 0.25) is 5.95 Å². The van der Waals surface area contributed by atoms with Gasteiger partial charge in [0.15, 0.2) is 0 Å². The lowest BCUT2D eigenvalue weighted by molar-refractivity contribution is 0.0527. The van der Waals surface area contributed by atoms with Crippen molar-refractivity contribution in [2.45, 2.75) is 6.92 Å². The number of carbonyl (C=O) groups excluding carboxylic acids is 1. The molecule has 0 amide bonds. The quantitative estimate of drug-likeness (QED) is 0.189. The molecule has 38 heavy (non-hydrogen) atoms. The number of nitrogens with zero attached hydrogens (tertiary/aromatic N) is 4. The molecule has 0 radical (unpaired) electrons. The highest BCUT2D eigenvalue weighted by Crippen LogP contribution is 2.37. The molecule has 192 valence electrons. The first-order valence-corrected chi connectivity index (χ1v) is 12.0. The van der Waals surface area contributed by atoms with E-state index in [4.69, 9.17) is 20.2 Å². The first kappa shape index (κ1) is 24.6. The second-order valence-electron chi connectivity index (χ2n) is 8.45. The molecule has 4 N–H and O–H groups in total. The van der Waals surface area contributed by atoms with E-state index in [1.54, 1.807) is 56.8 Å². The van der Waals surface area contributed by atoms with Crippen molar-refractivity contribution in [3.05, 3.63) is 78.8 Å². The number of methoxy groups -OCH3 is 1. The molecular weight excluding hydrogens is 482 g/mol. The molecule has 10 heteroatoms. The van der Waals surface area contributed by atoms with Crippen molar-refractivity contribution in [2.24, 2.45) is 7.05 Å². The molecule has 0 aliphatic rings. The molecule has 0 unspecified atom stereocenters. The van der Waals surface area contributed by atoms with Gasteiger partial charge < -0.3 is 30.4 Å². The highest BCUT2D eigenvalue weighted by molar-refractivity contribution is 5.97. The van der Waals surface area contributed by atoms with Crippen molar-refractivity contribution < 1.29 is 14.3 Å². The first-order chi connectivity index (χ1) is 18.5. The van der Waals surface area contributed by atoms with Gasteiger partial charge in [-0.3, -0.25) is 0 Å². The molecule has 0 atom stereocenters. The largest absolute Gasteiger partial charge is 0.494 e. The summed E-state index contributed by atoms with van der Waals surface area (Å²) in [5, 5.41) is 7.44. The molecule has 0 aliphatic heterocycles. The van der Waals surface area contributed by atoms with Crippen LogP contribution in [0.4, 0.5) is 28.7 Å². The molecule has 2 aromatic carbocycles. The monoisotopic (exact) mass is 509 g/mol. The Bertz CT molecular complexity index is 1630. The van der Waals surface area contributed by atoms with E-state index in [9.17, 15) is 4.79 Å². The summed E-state index contributed by atoms with van der Waals surface area (Å²) in [7, 11) is 3.51. The number of ether oxygens (including phenoxy) is 2. The van der Waals surface area contributed by atoms with Gasteiger partial charge in [-0.1, -0.05) is 12.1 Å². The zero-order chi connectivity index (χ0) is 26.6. The van der Waals surface area contributed by atoms with Crippen molar-refractivity contribution in [1.82, 2.24) is 19.5 Å². The highest BCUT2D eigenvalue weighted by Gasteiger charge is 2.16. The number of aromatic nitrogens is 4. The van der Waals surface area contributed by atoms with E-state index in [2.05, 4.69) is 20.6 Å². The minimum atomic E-state index is -0.418. The van der Waals surface area contributed by atoms with E-state index < -0.39 is 5.97 Å². The number of pyridine rings is 1. The first-order valence-electron chi connectivity index (χ1n) is 12.0. The van der Waals surface area contributed by atoms with Crippen LogP contribution in [-0.2, 0) is 11.8 Å². The van der Waals surface area contributed by atoms with Crippen LogP contribution in [0.5, 0.6) is 5.75 Å². The van der Waals surface area contributed by atoms with Crippen molar-refractivity contribution in [2.75, 3.05) is 30.1 Å². The van der Waals surface area contributed by atoms with Crippen LogP contribution in [0.1, 0.15) is 17.3 Å². The van der Waals surface area contributed by atoms with Crippen molar-refractivity contribution in [1.29, 1.82) is 0 Å². The van der Waals surface area contributed by atoms with Crippen LogP contribution in [0.3, 0.4) is 0 Å². The van der Waals surface area contributed by atoms with Gasteiger partial charge in [0.25, 0.3) is 0 Å². The van der Waals surface area contributed by atoms with E-state index in [1.807, 2.05) is 42.1 Å². The molecule has 0 saturated carbocycles. The van der Waals surface area contributed by atoms with Crippen LogP contribution in [0, 0.1) is 0 Å². The van der Waals surface area contributed by atoms with Gasteiger partial charge in [-0.25, -0.2) is 19.7 Å². The standard InChI is InChI=1S/C28H27N7O3/c1-4-38-27(36)18-8-5-6-10-21(18)32-23-15-25(37-3)24(14-20(23)29)34-28-31-13-11-22(33-28)19-16-35(2)26-17(19)9-7-12-30-26/h5-16,32H,4,29H2,1-3H3,(H,31,33,34). The zero-order valence-electron chi connectivity index (χ0n) is 21.2. The number of carbonyl (C=O) groups is 1. The van der Waals surface area contributed by atoms with Gasteiger partial charge in [-0.15, -0.1) is 0 Å². The van der Waals surface area contributed by atoms with Gasteiger partial charge in [-0.05, 0) is 43.3 Å². The molecule has 10 nitrogen and oxygen atoms in total. The average molecular weight is 510 g/mol. The van der Waals surface area contributed by atoms with Gasteiger partial charge in [-0.2, -0.15) is 0 Å². The number of hydrogen-bond donors (Lipinski definition) is 3. The SMILES string of the molecule is CCOC(=O)c1ccccc1Nc1cc(OC)c(Nc2nccc(-c3cn(C)c4ncccc34)n2)cc1N. The molecule has 5 rings (SSSR count). The maximum Gasteiger partial charge on any atom is 0.340 e. The highest BCUT2D eigenvalue weighted by atomic mass is 16.5. The zero-order valence-corrected chi connectivity index (χ0v) is 21.2. The molecule has 0 aliphatic carbocycles. The number of nitrogen functional groups attached to an aromatic ring is 1. The minimum Gasteiger partial charge on any atom is -0.494 e. The lowest BCUT2D eigenvalue weighted by atomic mass is 10.1. The fourth-order valence-corrected chi connectivity index (χ4v) is 4.20. The molecule has 5 aromatic rings. The second-order valence-corrected chi connectivity index (χ2v) is 8.45. The minimum absolute atomic E-state index is 0.282. The van der Waals surface area contributed by atoms with E-state index in [-0.39, 0.29) is 6.61 Å². The van der Waals surface area contributed by atoms with E-state index in [0.717, 1.165) is 22.3 Å². The number of benzene rings is 2. The number of nitrogens with two attached hydrogens (primary N) is 1. The van der Waals surface area contributed by atoms with Gasteiger partial charge >= 0.3 is 5.97 Å². The van der Waals surface area contributed by atoms with Crippen LogP contribution >= 0.6 is 0 Å². The fourth-order valence-electron chi connectivity index (χ4n) is 4.20. The van der Waals surface area contributed by atoms with Crippen molar-refractivity contribution in [3.8, 4) is 17.0 Å². The molecule has 0 fully saturated rings. The number of fused-ring (bicyclic) bond motifs is 1. The number of hydrogen-bond acceptors (Lipinski definition) is 9. The second kappa shape index (κ2) is 10.5. The molecule has 0 bridgehead atoms. The van der Waals surface area contributed by atoms with Gasteiger partial charge in [0, 0.05) is 42.7 Å². The average Bonchev–Trinajstić information content (AvgIpc) is 3.27. The Kier molecular flexibility index (Phi) is 6.77. The molecule has 0 saturated heterocycles. The fraction of sp³-hybridized carbons (Fsp3) is 0.143. The van der Waals surface area contributed by atoms with Crippen LogP contribution < -0.4 is 21.1 Å². The Balaban J connectivity index is 1.44. The maximum absolute atomic E-state index is 12.4. The predicted molar refractivity (Wildman–Crippen MR) is 148 cm³/mol. The van der Waals surface area contributed by atoms with Crippen LogP contribution in [0.25, 0.3) is 22.3 Å². The van der Waals surface area contributed by atoms with Gasteiger partial charge in [0.05, 0.1) is 47.7 Å². The summed E-state index contributed by atoms with van der Waals surface area (Å²) in [4.78, 5) is 25.9. The summed E-state index contributed by atoms with van der Waals surface area (Å²) < 4.78 is 12.8. The summed E-state index contributed by atoms with van der Waals surface area (Å²) in [5.74, 6) is 0.478. The number of nitrogens with one attached hydrogen (secondary N) is 2. The molecule has 3 heterocycles. The molecule has 0 spiro atoms. The molecule has 3 aromatic heterocycles. The lowest BCUT2D eigenvalue weighted by Crippen LogP contribution is -2.09. The summed E-state index contributed by atoms with van der Waals surface area (Å²) in [6.07, 6.45) is 5.46. The Hall–Kier alpha value is -5.12. The Morgan fingerprint density at radius 3 is 2.66 bits per heavy atom. The maximum atomic E-state index is 12.4. The lowest BCUT2D eigenvalue weighted by Gasteiger charge is -2.17. The number of anilines is 5. The molecular formula is C28H27N7O3. The number of aryl methyl sites for hydroxylation is 1. The Labute approximate surface area is 219 Å². The summed E-state index contributed by atoms with van der Waals surface area (Å²) >= 11 is 0. The van der Waals surface area contributed by atoms with Crippen LogP contribution in [0.15, 0.2) is 73.2 Å². The third-order valence-corrected chi connectivity index (χ3v) is 5.98. The van der Waals surface area contributed by atoms with Crippen molar-refractivity contribution in [3.63, 3.8) is 0 Å². The van der Waals surface area contributed by atoms with E-state index >= 15 is 0 Å². The Morgan fingerprint density at radius 1 is 1.00 bits per heavy atom. The number of para-hydroxylation sites is 1. The van der Waals surface area contributed by atoms with Crippen molar-refractivity contribution >= 4 is 45.7 Å². The third kappa shape index (κ3) is 4.79.